The molecule has 2 aromatic rings. The molecule has 4 nitrogen and oxygen atoms in total. The Morgan fingerprint density at radius 3 is 2.88 bits per heavy atom. The number of carboxylic acid groups (broad SMARTS) is 1. The first-order valence-electron chi connectivity index (χ1n) is 5.05. The van der Waals surface area contributed by atoms with Gasteiger partial charge in [-0.1, -0.05) is 18.2 Å². The highest BCUT2D eigenvalue weighted by Gasteiger charge is 2.17. The quantitative estimate of drug-likeness (QED) is 0.823. The first kappa shape index (κ1) is 10.7. The molecule has 1 aromatic heterocycles. The van der Waals surface area contributed by atoms with Gasteiger partial charge in [0, 0.05) is 17.4 Å². The minimum atomic E-state index is -0.996. The van der Waals surface area contributed by atoms with E-state index < -0.39 is 12.0 Å². The Bertz CT molecular complexity index is 530. The molecule has 1 aromatic carbocycles. The molecule has 0 bridgehead atoms. The van der Waals surface area contributed by atoms with Gasteiger partial charge in [-0.05, 0) is 13.0 Å². The van der Waals surface area contributed by atoms with Crippen molar-refractivity contribution in [3.63, 3.8) is 0 Å². The number of rotatable bonds is 3. The lowest BCUT2D eigenvalue weighted by atomic mass is 10.0. The van der Waals surface area contributed by atoms with Gasteiger partial charge >= 0.3 is 5.97 Å². The maximum atomic E-state index is 10.7. The molecule has 0 spiro atoms. The molecule has 0 saturated carbocycles. The molecular formula is C12H13NO3. The topological polar surface area (TPSA) is 76.5 Å². The van der Waals surface area contributed by atoms with E-state index in [2.05, 4.69) is 0 Å². The summed E-state index contributed by atoms with van der Waals surface area (Å²) in [6.45, 7) is 1.82. The lowest BCUT2D eigenvalue weighted by Crippen LogP contribution is -2.32. The lowest BCUT2D eigenvalue weighted by Gasteiger charge is -2.05. The van der Waals surface area contributed by atoms with Crippen molar-refractivity contribution in [2.75, 3.05) is 0 Å². The molecule has 84 valence electrons. The van der Waals surface area contributed by atoms with Gasteiger partial charge in [0.15, 0.2) is 0 Å². The van der Waals surface area contributed by atoms with E-state index >= 15 is 0 Å². The zero-order valence-corrected chi connectivity index (χ0v) is 8.93. The Morgan fingerprint density at radius 1 is 1.50 bits per heavy atom. The van der Waals surface area contributed by atoms with E-state index in [0.717, 1.165) is 22.3 Å². The van der Waals surface area contributed by atoms with Gasteiger partial charge in [-0.25, -0.2) is 0 Å². The van der Waals surface area contributed by atoms with Crippen molar-refractivity contribution >= 4 is 16.9 Å². The first-order chi connectivity index (χ1) is 7.59. The predicted molar refractivity (Wildman–Crippen MR) is 60.3 cm³/mol. The summed E-state index contributed by atoms with van der Waals surface area (Å²) in [5.74, 6) is -0.261. The van der Waals surface area contributed by atoms with Crippen molar-refractivity contribution in [3.8, 4) is 0 Å². The highest BCUT2D eigenvalue weighted by Crippen LogP contribution is 2.25. The van der Waals surface area contributed by atoms with Crippen LogP contribution in [-0.2, 0) is 11.2 Å². The lowest BCUT2D eigenvalue weighted by molar-refractivity contribution is -0.138. The molecule has 3 N–H and O–H groups in total. The fourth-order valence-corrected chi connectivity index (χ4v) is 1.78. The van der Waals surface area contributed by atoms with E-state index in [-0.39, 0.29) is 6.42 Å². The minimum Gasteiger partial charge on any atom is -0.480 e. The van der Waals surface area contributed by atoms with E-state index in [1.807, 2.05) is 31.2 Å². The molecule has 4 heteroatoms. The molecule has 0 saturated heterocycles. The fraction of sp³-hybridized carbons (Fsp3) is 0.250. The average molecular weight is 219 g/mol. The van der Waals surface area contributed by atoms with Crippen LogP contribution < -0.4 is 5.73 Å². The summed E-state index contributed by atoms with van der Waals surface area (Å²) in [6.07, 6.45) is 0.290. The third-order valence-corrected chi connectivity index (χ3v) is 2.64. The van der Waals surface area contributed by atoms with Crippen LogP contribution in [0.25, 0.3) is 11.0 Å². The second-order valence-corrected chi connectivity index (χ2v) is 3.78. The molecule has 16 heavy (non-hydrogen) atoms. The molecule has 0 aliphatic carbocycles. The van der Waals surface area contributed by atoms with Crippen molar-refractivity contribution in [1.29, 1.82) is 0 Å². The number of benzene rings is 1. The number of hydrogen-bond donors (Lipinski definition) is 2. The van der Waals surface area contributed by atoms with Crippen LogP contribution >= 0.6 is 0 Å². The SMILES string of the molecule is Cc1oc2ccccc2c1C[C@H](N)C(=O)O. The summed E-state index contributed by atoms with van der Waals surface area (Å²) in [5.41, 5.74) is 7.18. The van der Waals surface area contributed by atoms with Gasteiger partial charge in [-0.3, -0.25) is 4.79 Å². The first-order valence-corrected chi connectivity index (χ1v) is 5.05. The van der Waals surface area contributed by atoms with Gasteiger partial charge in [0.05, 0.1) is 0 Å². The fourth-order valence-electron chi connectivity index (χ4n) is 1.78. The number of furan rings is 1. The van der Waals surface area contributed by atoms with Crippen LogP contribution in [0.15, 0.2) is 28.7 Å². The molecule has 1 heterocycles. The van der Waals surface area contributed by atoms with Gasteiger partial charge in [0.25, 0.3) is 0 Å². The number of aliphatic carboxylic acids is 1. The smallest absolute Gasteiger partial charge is 0.320 e. The maximum Gasteiger partial charge on any atom is 0.320 e. The molecule has 0 radical (unpaired) electrons. The van der Waals surface area contributed by atoms with Crippen LogP contribution in [-0.4, -0.2) is 17.1 Å². The van der Waals surface area contributed by atoms with Gasteiger partial charge in [-0.15, -0.1) is 0 Å². The highest BCUT2D eigenvalue weighted by atomic mass is 16.4. The van der Waals surface area contributed by atoms with E-state index in [0.29, 0.717) is 0 Å². The van der Waals surface area contributed by atoms with Gasteiger partial charge in [0.1, 0.15) is 17.4 Å². The Balaban J connectivity index is 2.43. The maximum absolute atomic E-state index is 10.7. The summed E-state index contributed by atoms with van der Waals surface area (Å²) in [5, 5.41) is 9.73. The molecule has 0 aliphatic rings. The Labute approximate surface area is 92.7 Å². The van der Waals surface area contributed by atoms with Crippen molar-refractivity contribution in [2.24, 2.45) is 5.73 Å². The standard InChI is InChI=1S/C12H13NO3/c1-7-9(6-10(13)12(14)15)8-4-2-3-5-11(8)16-7/h2-5,10H,6,13H2,1H3,(H,14,15)/t10-/m0/s1. The predicted octanol–water partition coefficient (Wildman–Crippen LogP) is 1.70. The van der Waals surface area contributed by atoms with E-state index in [1.165, 1.54) is 0 Å². The number of fused-ring (bicyclic) bond motifs is 1. The average Bonchev–Trinajstić information content (AvgIpc) is 2.55. The zero-order valence-electron chi connectivity index (χ0n) is 8.93. The van der Waals surface area contributed by atoms with Gasteiger partial charge < -0.3 is 15.3 Å². The van der Waals surface area contributed by atoms with Crippen LogP contribution in [0.1, 0.15) is 11.3 Å². The largest absolute Gasteiger partial charge is 0.480 e. The summed E-state index contributed by atoms with van der Waals surface area (Å²) in [7, 11) is 0. The van der Waals surface area contributed by atoms with Gasteiger partial charge in [-0.2, -0.15) is 0 Å². The van der Waals surface area contributed by atoms with E-state index in [4.69, 9.17) is 15.3 Å². The number of carboxylic acids is 1. The molecule has 0 aliphatic heterocycles. The van der Waals surface area contributed by atoms with Crippen LogP contribution in [0, 0.1) is 6.92 Å². The number of para-hydroxylation sites is 1. The molecule has 2 rings (SSSR count). The van der Waals surface area contributed by atoms with Crippen LogP contribution in [0.3, 0.4) is 0 Å². The monoisotopic (exact) mass is 219 g/mol. The molecule has 0 unspecified atom stereocenters. The summed E-state index contributed by atoms with van der Waals surface area (Å²) in [6, 6.07) is 6.66. The summed E-state index contributed by atoms with van der Waals surface area (Å²) >= 11 is 0. The van der Waals surface area contributed by atoms with Crippen molar-refractivity contribution in [2.45, 2.75) is 19.4 Å². The van der Waals surface area contributed by atoms with Crippen molar-refractivity contribution < 1.29 is 14.3 Å². The van der Waals surface area contributed by atoms with E-state index in [9.17, 15) is 4.79 Å². The van der Waals surface area contributed by atoms with Gasteiger partial charge in [0.2, 0.25) is 0 Å². The third kappa shape index (κ3) is 1.79. The number of hydrogen-bond acceptors (Lipinski definition) is 3. The van der Waals surface area contributed by atoms with E-state index in [1.54, 1.807) is 0 Å². The number of carbonyl (C=O) groups is 1. The summed E-state index contributed by atoms with van der Waals surface area (Å²) in [4.78, 5) is 10.7. The second kappa shape index (κ2) is 3.98. The third-order valence-electron chi connectivity index (χ3n) is 2.64. The van der Waals surface area contributed by atoms with Crippen LogP contribution in [0.5, 0.6) is 0 Å². The zero-order chi connectivity index (χ0) is 11.7. The Morgan fingerprint density at radius 2 is 2.19 bits per heavy atom. The second-order valence-electron chi connectivity index (χ2n) is 3.78. The normalized spacial score (nSPS) is 12.9. The highest BCUT2D eigenvalue weighted by molar-refractivity contribution is 5.83. The molecule has 0 amide bonds. The Hall–Kier alpha value is -1.81. The van der Waals surface area contributed by atoms with Crippen LogP contribution in [0.4, 0.5) is 0 Å². The molecular weight excluding hydrogens is 206 g/mol. The minimum absolute atomic E-state index is 0.290. The van der Waals surface area contributed by atoms with Crippen molar-refractivity contribution in [3.05, 3.63) is 35.6 Å². The number of aryl methyl sites for hydroxylation is 1. The van der Waals surface area contributed by atoms with Crippen LogP contribution in [0.2, 0.25) is 0 Å². The molecule has 1 atom stereocenters. The molecule has 0 fully saturated rings. The Kier molecular flexibility index (Phi) is 2.66. The van der Waals surface area contributed by atoms with Crippen molar-refractivity contribution in [1.82, 2.24) is 0 Å². The summed E-state index contributed by atoms with van der Waals surface area (Å²) < 4.78 is 5.53. The number of nitrogens with two attached hydrogens (primary N) is 1.